The molecule has 1 aliphatic rings. The molecule has 0 unspecified atom stereocenters. The van der Waals surface area contributed by atoms with Crippen LogP contribution in [0.15, 0.2) is 49.1 Å². The van der Waals surface area contributed by atoms with Crippen molar-refractivity contribution in [1.82, 2.24) is 9.80 Å². The van der Waals surface area contributed by atoms with Crippen molar-refractivity contribution in [3.05, 3.63) is 54.6 Å². The molecule has 7 nitrogen and oxygen atoms in total. The van der Waals surface area contributed by atoms with Gasteiger partial charge in [0.25, 0.3) is 5.91 Å². The van der Waals surface area contributed by atoms with Gasteiger partial charge in [-0.2, -0.15) is 0 Å². The molecular formula is C19H20N2O5. The van der Waals surface area contributed by atoms with Gasteiger partial charge in [0.05, 0.1) is 13.7 Å². The molecular weight excluding hydrogens is 336 g/mol. The third kappa shape index (κ3) is 3.28. The lowest BCUT2D eigenvalue weighted by Gasteiger charge is -2.41. The number of benzene rings is 1. The predicted molar refractivity (Wildman–Crippen MR) is 94.2 cm³/mol. The number of amides is 4. The van der Waals surface area contributed by atoms with E-state index in [1.54, 1.807) is 24.3 Å². The zero-order chi connectivity index (χ0) is 19.3. The number of aldehydes is 1. The standard InChI is InChI=1S/C19H20N2O5/c1-4-10-19(11-5-12-22)16(23)20(2)18(25)21(17(19)24)13-14-6-8-15(26-3)9-7-14/h4-9,11-12H,1,10,13H2,2-3H3/b11-5+/t19-/m0/s1. The van der Waals surface area contributed by atoms with Crippen molar-refractivity contribution in [2.45, 2.75) is 13.0 Å². The van der Waals surface area contributed by atoms with E-state index >= 15 is 0 Å². The van der Waals surface area contributed by atoms with Crippen LogP contribution in [-0.4, -0.2) is 48.1 Å². The van der Waals surface area contributed by atoms with Crippen molar-refractivity contribution in [3.63, 3.8) is 0 Å². The summed E-state index contributed by atoms with van der Waals surface area (Å²) in [5.74, 6) is -0.719. The topological polar surface area (TPSA) is 84.0 Å². The smallest absolute Gasteiger partial charge is 0.333 e. The lowest BCUT2D eigenvalue weighted by Crippen LogP contribution is -2.63. The molecule has 0 saturated carbocycles. The van der Waals surface area contributed by atoms with E-state index in [1.807, 2.05) is 0 Å². The molecule has 0 spiro atoms. The predicted octanol–water partition coefficient (Wildman–Crippen LogP) is 1.93. The van der Waals surface area contributed by atoms with E-state index in [2.05, 4.69) is 6.58 Å². The molecule has 4 amide bonds. The fraction of sp³-hybridized carbons (Fsp3) is 0.263. The second-order valence-electron chi connectivity index (χ2n) is 5.85. The lowest BCUT2D eigenvalue weighted by atomic mass is 9.79. The van der Waals surface area contributed by atoms with E-state index in [0.29, 0.717) is 17.6 Å². The number of rotatable bonds is 7. The number of hydrogen-bond donors (Lipinski definition) is 0. The van der Waals surface area contributed by atoms with E-state index < -0.39 is 23.3 Å². The van der Waals surface area contributed by atoms with Gasteiger partial charge in [-0.1, -0.05) is 24.3 Å². The van der Waals surface area contributed by atoms with E-state index in [0.717, 1.165) is 15.9 Å². The van der Waals surface area contributed by atoms with Crippen LogP contribution in [0.3, 0.4) is 0 Å². The Morgan fingerprint density at radius 2 is 1.81 bits per heavy atom. The van der Waals surface area contributed by atoms with Gasteiger partial charge in [-0.15, -0.1) is 6.58 Å². The molecule has 136 valence electrons. The first-order valence-corrected chi connectivity index (χ1v) is 7.92. The Morgan fingerprint density at radius 1 is 1.15 bits per heavy atom. The monoisotopic (exact) mass is 356 g/mol. The van der Waals surface area contributed by atoms with E-state index in [4.69, 9.17) is 4.74 Å². The molecule has 1 aromatic rings. The number of carbonyl (C=O) groups excluding carboxylic acids is 4. The van der Waals surface area contributed by atoms with Gasteiger partial charge in [-0.3, -0.25) is 24.2 Å². The van der Waals surface area contributed by atoms with E-state index in [9.17, 15) is 19.2 Å². The fourth-order valence-corrected chi connectivity index (χ4v) is 2.86. The molecule has 0 aliphatic carbocycles. The lowest BCUT2D eigenvalue weighted by molar-refractivity contribution is -0.154. The summed E-state index contributed by atoms with van der Waals surface area (Å²) in [6, 6.07) is 6.17. The Hall–Kier alpha value is -3.22. The maximum Gasteiger partial charge on any atom is 0.333 e. The van der Waals surface area contributed by atoms with Crippen molar-refractivity contribution in [2.75, 3.05) is 14.2 Å². The summed E-state index contributed by atoms with van der Waals surface area (Å²) in [4.78, 5) is 50.9. The van der Waals surface area contributed by atoms with Crippen LogP contribution >= 0.6 is 0 Å². The maximum atomic E-state index is 13.1. The third-order valence-corrected chi connectivity index (χ3v) is 4.26. The van der Waals surface area contributed by atoms with Gasteiger partial charge in [-0.05, 0) is 30.2 Å². The van der Waals surface area contributed by atoms with Crippen LogP contribution in [0.2, 0.25) is 0 Å². The number of nitrogens with zero attached hydrogens (tertiary/aromatic N) is 2. The first-order chi connectivity index (χ1) is 12.4. The molecule has 1 heterocycles. The van der Waals surface area contributed by atoms with E-state index in [-0.39, 0.29) is 13.0 Å². The summed E-state index contributed by atoms with van der Waals surface area (Å²) in [5.41, 5.74) is -0.959. The summed E-state index contributed by atoms with van der Waals surface area (Å²) in [7, 11) is 2.85. The van der Waals surface area contributed by atoms with Crippen LogP contribution < -0.4 is 4.74 Å². The highest BCUT2D eigenvalue weighted by molar-refractivity contribution is 6.20. The molecule has 1 saturated heterocycles. The molecule has 0 radical (unpaired) electrons. The molecule has 1 aliphatic heterocycles. The van der Waals surface area contributed by atoms with Gasteiger partial charge in [0.2, 0.25) is 5.91 Å². The normalized spacial score (nSPS) is 20.6. The van der Waals surface area contributed by atoms with Crippen LogP contribution in [0.25, 0.3) is 0 Å². The largest absolute Gasteiger partial charge is 0.497 e. The van der Waals surface area contributed by atoms with Gasteiger partial charge in [0, 0.05) is 7.05 Å². The average Bonchev–Trinajstić information content (AvgIpc) is 2.66. The highest BCUT2D eigenvalue weighted by Crippen LogP contribution is 2.35. The summed E-state index contributed by atoms with van der Waals surface area (Å²) in [6.45, 7) is 3.58. The van der Waals surface area contributed by atoms with Gasteiger partial charge >= 0.3 is 6.03 Å². The van der Waals surface area contributed by atoms with Crippen molar-refractivity contribution in [3.8, 4) is 5.75 Å². The molecule has 2 rings (SSSR count). The highest BCUT2D eigenvalue weighted by atomic mass is 16.5. The van der Waals surface area contributed by atoms with Crippen LogP contribution in [0.1, 0.15) is 12.0 Å². The number of urea groups is 1. The molecule has 1 aromatic carbocycles. The minimum Gasteiger partial charge on any atom is -0.497 e. The minimum absolute atomic E-state index is 0.00684. The molecule has 7 heteroatoms. The van der Waals surface area contributed by atoms with Crippen molar-refractivity contribution < 1.29 is 23.9 Å². The van der Waals surface area contributed by atoms with Crippen LogP contribution in [0.5, 0.6) is 5.75 Å². The summed E-state index contributed by atoms with van der Waals surface area (Å²) in [5, 5.41) is 0. The van der Waals surface area contributed by atoms with Crippen molar-refractivity contribution in [2.24, 2.45) is 5.41 Å². The summed E-state index contributed by atoms with van der Waals surface area (Å²) < 4.78 is 5.09. The first-order valence-electron chi connectivity index (χ1n) is 7.92. The molecule has 1 atom stereocenters. The number of methoxy groups -OCH3 is 1. The first kappa shape index (κ1) is 19.1. The average molecular weight is 356 g/mol. The molecule has 0 aromatic heterocycles. The number of carbonyl (C=O) groups is 4. The second-order valence-corrected chi connectivity index (χ2v) is 5.85. The number of ether oxygens (including phenoxy) is 1. The Morgan fingerprint density at radius 3 is 2.35 bits per heavy atom. The quantitative estimate of drug-likeness (QED) is 0.323. The Labute approximate surface area is 151 Å². The van der Waals surface area contributed by atoms with Gasteiger partial charge in [-0.25, -0.2) is 4.79 Å². The molecule has 0 N–H and O–H groups in total. The van der Waals surface area contributed by atoms with Gasteiger partial charge in [0.15, 0.2) is 5.41 Å². The number of barbiturate groups is 1. The SMILES string of the molecule is C=CC[C@]1(/C=C/C=O)C(=O)N(C)C(=O)N(Cc2ccc(OC)cc2)C1=O. The highest BCUT2D eigenvalue weighted by Gasteiger charge is 2.54. The minimum atomic E-state index is -1.65. The van der Waals surface area contributed by atoms with Crippen molar-refractivity contribution >= 4 is 24.1 Å². The van der Waals surface area contributed by atoms with E-state index in [1.165, 1.54) is 26.3 Å². The Balaban J connectivity index is 2.43. The summed E-state index contributed by atoms with van der Waals surface area (Å²) in [6.07, 6.45) is 4.20. The Kier molecular flexibility index (Phi) is 5.71. The number of imide groups is 2. The maximum absolute atomic E-state index is 13.1. The zero-order valence-electron chi connectivity index (χ0n) is 14.7. The summed E-state index contributed by atoms with van der Waals surface area (Å²) >= 11 is 0. The zero-order valence-corrected chi connectivity index (χ0v) is 14.7. The third-order valence-electron chi connectivity index (χ3n) is 4.26. The van der Waals surface area contributed by atoms with Crippen LogP contribution in [0.4, 0.5) is 4.79 Å². The van der Waals surface area contributed by atoms with Crippen LogP contribution in [-0.2, 0) is 20.9 Å². The van der Waals surface area contributed by atoms with Crippen molar-refractivity contribution in [1.29, 1.82) is 0 Å². The number of allylic oxidation sites excluding steroid dienone is 2. The number of hydrogen-bond acceptors (Lipinski definition) is 5. The molecule has 26 heavy (non-hydrogen) atoms. The van der Waals surface area contributed by atoms with Crippen LogP contribution in [0, 0.1) is 5.41 Å². The van der Waals surface area contributed by atoms with Gasteiger partial charge in [0.1, 0.15) is 12.0 Å². The molecule has 1 fully saturated rings. The van der Waals surface area contributed by atoms with Gasteiger partial charge < -0.3 is 4.74 Å². The fourth-order valence-electron chi connectivity index (χ4n) is 2.86. The second kappa shape index (κ2) is 7.77. The molecule has 0 bridgehead atoms. The Bertz CT molecular complexity index is 769.